The minimum atomic E-state index is 0.268. The molecule has 9 heavy (non-hydrogen) atoms. The van der Waals surface area contributed by atoms with E-state index >= 15 is 0 Å². The molecule has 0 saturated carbocycles. The highest BCUT2D eigenvalue weighted by Crippen LogP contribution is 1.88. The molecule has 1 N–H and O–H groups in total. The Bertz CT molecular complexity index is 44.3. The molecule has 0 atom stereocenters. The summed E-state index contributed by atoms with van der Waals surface area (Å²) in [6, 6.07) is 0. The highest BCUT2D eigenvalue weighted by Gasteiger charge is 1.85. The average Bonchev–Trinajstić information content (AvgIpc) is 1.89. The number of hydrogen-bond donors (Lipinski definition) is 2. The molecule has 0 rings (SSSR count). The maximum absolute atomic E-state index is 8.35. The molecule has 0 fully saturated rings. The topological polar surface area (TPSA) is 29.5 Å². The lowest BCUT2D eigenvalue weighted by Crippen LogP contribution is -1.98. The van der Waals surface area contributed by atoms with Crippen molar-refractivity contribution in [2.75, 3.05) is 25.6 Å². The van der Waals surface area contributed by atoms with E-state index in [9.17, 15) is 0 Å². The first kappa shape index (κ1) is 9.27. The quantitative estimate of drug-likeness (QED) is 0.431. The van der Waals surface area contributed by atoms with Crippen molar-refractivity contribution >= 4 is 12.6 Å². The van der Waals surface area contributed by atoms with Crippen molar-refractivity contribution < 1.29 is 9.84 Å². The van der Waals surface area contributed by atoms with Crippen molar-refractivity contribution in [1.82, 2.24) is 0 Å². The van der Waals surface area contributed by atoms with E-state index in [1.54, 1.807) is 0 Å². The number of aliphatic hydroxyl groups excluding tert-OH is 1. The minimum absolute atomic E-state index is 0.268. The molecule has 0 aliphatic rings. The first-order valence-electron chi connectivity index (χ1n) is 3.21. The van der Waals surface area contributed by atoms with E-state index in [0.29, 0.717) is 6.61 Å². The van der Waals surface area contributed by atoms with Gasteiger partial charge in [-0.25, -0.2) is 0 Å². The monoisotopic (exact) mass is 150 g/mol. The summed E-state index contributed by atoms with van der Waals surface area (Å²) in [5.74, 6) is 0.777. The summed E-state index contributed by atoms with van der Waals surface area (Å²) in [5, 5.41) is 8.35. The maximum Gasteiger partial charge on any atom is 0.0554 e. The van der Waals surface area contributed by atoms with Gasteiger partial charge in [-0.2, -0.15) is 12.6 Å². The van der Waals surface area contributed by atoms with Gasteiger partial charge in [0.2, 0.25) is 0 Å². The van der Waals surface area contributed by atoms with Crippen LogP contribution in [-0.4, -0.2) is 30.7 Å². The Kier molecular flexibility index (Phi) is 8.52. The molecule has 0 bridgehead atoms. The standard InChI is InChI=1S/C6H14O2S/c7-3-1-2-4-8-5-6-9/h7,9H,1-6H2. The molecule has 0 aliphatic carbocycles. The first-order valence-corrected chi connectivity index (χ1v) is 3.84. The van der Waals surface area contributed by atoms with Crippen molar-refractivity contribution in [3.05, 3.63) is 0 Å². The molecular weight excluding hydrogens is 136 g/mol. The molecular formula is C6H14O2S. The van der Waals surface area contributed by atoms with Crippen LogP contribution in [-0.2, 0) is 4.74 Å². The zero-order valence-electron chi connectivity index (χ0n) is 5.55. The molecule has 0 aromatic carbocycles. The van der Waals surface area contributed by atoms with Crippen LogP contribution in [0.2, 0.25) is 0 Å². The SMILES string of the molecule is OCCCCOCCS. The third kappa shape index (κ3) is 8.27. The summed E-state index contributed by atoms with van der Waals surface area (Å²) in [6.45, 7) is 1.74. The van der Waals surface area contributed by atoms with Gasteiger partial charge in [-0.15, -0.1) is 0 Å². The molecule has 0 heterocycles. The normalized spacial score (nSPS) is 10.0. The van der Waals surface area contributed by atoms with Crippen LogP contribution >= 0.6 is 12.6 Å². The third-order valence-electron chi connectivity index (χ3n) is 0.932. The summed E-state index contributed by atoms with van der Waals surface area (Å²) >= 11 is 3.97. The molecule has 0 amide bonds. The molecule has 0 unspecified atom stereocenters. The van der Waals surface area contributed by atoms with Crippen molar-refractivity contribution in [1.29, 1.82) is 0 Å². The van der Waals surface area contributed by atoms with Gasteiger partial charge in [0.25, 0.3) is 0 Å². The van der Waals surface area contributed by atoms with Crippen molar-refractivity contribution in [3.8, 4) is 0 Å². The molecule has 2 nitrogen and oxygen atoms in total. The molecule has 0 aromatic rings. The number of unbranched alkanes of at least 4 members (excludes halogenated alkanes) is 1. The second-order valence-corrected chi connectivity index (χ2v) is 2.21. The van der Waals surface area contributed by atoms with Crippen LogP contribution in [0.5, 0.6) is 0 Å². The van der Waals surface area contributed by atoms with E-state index < -0.39 is 0 Å². The van der Waals surface area contributed by atoms with Gasteiger partial charge in [-0.3, -0.25) is 0 Å². The van der Waals surface area contributed by atoms with E-state index in [-0.39, 0.29) is 6.61 Å². The van der Waals surface area contributed by atoms with Crippen molar-refractivity contribution in [2.45, 2.75) is 12.8 Å². The second kappa shape index (κ2) is 8.27. The minimum Gasteiger partial charge on any atom is -0.396 e. The molecule has 0 aliphatic heterocycles. The van der Waals surface area contributed by atoms with Crippen LogP contribution in [0.4, 0.5) is 0 Å². The van der Waals surface area contributed by atoms with Crippen LogP contribution < -0.4 is 0 Å². The summed E-state index contributed by atoms with van der Waals surface area (Å²) in [4.78, 5) is 0. The van der Waals surface area contributed by atoms with Gasteiger partial charge in [-0.1, -0.05) is 0 Å². The van der Waals surface area contributed by atoms with Crippen LogP contribution in [0.1, 0.15) is 12.8 Å². The largest absolute Gasteiger partial charge is 0.396 e. The molecule has 0 aromatic heterocycles. The Morgan fingerprint density at radius 1 is 1.22 bits per heavy atom. The fraction of sp³-hybridized carbons (Fsp3) is 1.00. The van der Waals surface area contributed by atoms with Gasteiger partial charge in [0.1, 0.15) is 0 Å². The predicted molar refractivity (Wildman–Crippen MR) is 41.0 cm³/mol. The zero-order valence-corrected chi connectivity index (χ0v) is 6.44. The predicted octanol–water partition coefficient (Wildman–Crippen LogP) is 0.705. The van der Waals surface area contributed by atoms with E-state index in [4.69, 9.17) is 9.84 Å². The highest BCUT2D eigenvalue weighted by atomic mass is 32.1. The van der Waals surface area contributed by atoms with Gasteiger partial charge in [0.05, 0.1) is 6.61 Å². The number of hydrogen-bond acceptors (Lipinski definition) is 3. The van der Waals surface area contributed by atoms with Gasteiger partial charge in [0, 0.05) is 19.0 Å². The van der Waals surface area contributed by atoms with E-state index in [2.05, 4.69) is 12.6 Å². The highest BCUT2D eigenvalue weighted by molar-refractivity contribution is 7.80. The number of rotatable bonds is 6. The Morgan fingerprint density at radius 2 is 2.00 bits per heavy atom. The summed E-state index contributed by atoms with van der Waals surface area (Å²) in [6.07, 6.45) is 1.79. The van der Waals surface area contributed by atoms with Crippen molar-refractivity contribution in [2.24, 2.45) is 0 Å². The van der Waals surface area contributed by atoms with E-state index in [0.717, 1.165) is 25.2 Å². The molecule has 0 radical (unpaired) electrons. The molecule has 56 valence electrons. The average molecular weight is 150 g/mol. The van der Waals surface area contributed by atoms with E-state index in [1.807, 2.05) is 0 Å². The Morgan fingerprint density at radius 3 is 2.56 bits per heavy atom. The fourth-order valence-corrected chi connectivity index (χ4v) is 0.612. The fourth-order valence-electron chi connectivity index (χ4n) is 0.483. The third-order valence-corrected chi connectivity index (χ3v) is 1.11. The van der Waals surface area contributed by atoms with Gasteiger partial charge in [-0.05, 0) is 12.8 Å². The van der Waals surface area contributed by atoms with Gasteiger partial charge < -0.3 is 9.84 Å². The molecule has 0 saturated heterocycles. The van der Waals surface area contributed by atoms with Gasteiger partial charge >= 0.3 is 0 Å². The van der Waals surface area contributed by atoms with Crippen LogP contribution in [0.25, 0.3) is 0 Å². The van der Waals surface area contributed by atoms with Crippen LogP contribution in [0.3, 0.4) is 0 Å². The van der Waals surface area contributed by atoms with Crippen LogP contribution in [0.15, 0.2) is 0 Å². The van der Waals surface area contributed by atoms with Crippen LogP contribution in [0, 0.1) is 0 Å². The number of ether oxygens (including phenoxy) is 1. The number of aliphatic hydroxyl groups is 1. The Labute approximate surface area is 61.6 Å². The second-order valence-electron chi connectivity index (χ2n) is 1.77. The summed E-state index contributed by atoms with van der Waals surface area (Å²) in [7, 11) is 0. The Hall–Kier alpha value is 0.270. The van der Waals surface area contributed by atoms with Crippen molar-refractivity contribution in [3.63, 3.8) is 0 Å². The first-order chi connectivity index (χ1) is 4.41. The van der Waals surface area contributed by atoms with E-state index in [1.165, 1.54) is 0 Å². The number of thiol groups is 1. The lowest BCUT2D eigenvalue weighted by Gasteiger charge is -1.98. The summed E-state index contributed by atoms with van der Waals surface area (Å²) < 4.78 is 5.10. The molecule has 0 spiro atoms. The molecule has 3 heteroatoms. The lowest BCUT2D eigenvalue weighted by atomic mass is 10.3. The summed E-state index contributed by atoms with van der Waals surface area (Å²) in [5.41, 5.74) is 0. The maximum atomic E-state index is 8.35. The zero-order chi connectivity index (χ0) is 6.95. The van der Waals surface area contributed by atoms with Gasteiger partial charge in [0.15, 0.2) is 0 Å². The Balaban J connectivity index is 2.60. The smallest absolute Gasteiger partial charge is 0.0554 e. The lowest BCUT2D eigenvalue weighted by molar-refractivity contribution is 0.139.